The smallest absolute Gasteiger partial charge is 0.289 e. The average molecular weight is 394 g/mol. The van der Waals surface area contributed by atoms with Gasteiger partial charge in [-0.1, -0.05) is 49.1 Å². The zero-order valence-corrected chi connectivity index (χ0v) is 17.3. The van der Waals surface area contributed by atoms with Crippen molar-refractivity contribution in [2.24, 2.45) is 5.92 Å². The van der Waals surface area contributed by atoms with Crippen LogP contribution in [0.25, 0.3) is 0 Å². The van der Waals surface area contributed by atoms with E-state index in [-0.39, 0.29) is 5.91 Å². The molecule has 1 aromatic heterocycles. The van der Waals surface area contributed by atoms with E-state index in [1.54, 1.807) is 0 Å². The standard InChI is InChI=1S/C23H31N5O/c1-16-6-5-7-17(12-16)13-27-14-18-10-11-28-21(20(18)15-27)25-26-22(28)23(29)24-19-8-3-2-4-9-19/h5-7,12,18-20H,2-4,8-11,13-15H2,1H3,(H,24,29)/t18-,20+/m1/s1. The largest absolute Gasteiger partial charge is 0.347 e. The summed E-state index contributed by atoms with van der Waals surface area (Å²) in [4.78, 5) is 15.4. The molecule has 1 N–H and O–H groups in total. The highest BCUT2D eigenvalue weighted by Gasteiger charge is 2.40. The lowest BCUT2D eigenvalue weighted by Crippen LogP contribution is -2.38. The van der Waals surface area contributed by atoms with Crippen molar-refractivity contribution in [3.63, 3.8) is 0 Å². The summed E-state index contributed by atoms with van der Waals surface area (Å²) < 4.78 is 2.09. The molecule has 0 unspecified atom stereocenters. The number of carbonyl (C=O) groups is 1. The maximum Gasteiger partial charge on any atom is 0.289 e. The third-order valence-electron chi connectivity index (χ3n) is 6.98. The van der Waals surface area contributed by atoms with Crippen LogP contribution in [0.1, 0.15) is 72.0 Å². The first-order valence-electron chi connectivity index (χ1n) is 11.2. The quantitative estimate of drug-likeness (QED) is 0.866. The lowest BCUT2D eigenvalue weighted by atomic mass is 9.89. The van der Waals surface area contributed by atoms with Gasteiger partial charge in [-0.05, 0) is 37.7 Å². The van der Waals surface area contributed by atoms with E-state index in [4.69, 9.17) is 0 Å². The van der Waals surface area contributed by atoms with Crippen molar-refractivity contribution in [2.75, 3.05) is 13.1 Å². The van der Waals surface area contributed by atoms with Crippen LogP contribution in [0, 0.1) is 12.8 Å². The number of fused-ring (bicyclic) bond motifs is 3. The Hall–Kier alpha value is -2.21. The van der Waals surface area contributed by atoms with Crippen molar-refractivity contribution in [3.05, 3.63) is 47.0 Å². The van der Waals surface area contributed by atoms with Crippen LogP contribution < -0.4 is 5.32 Å². The molecule has 2 aromatic rings. The molecule has 1 saturated heterocycles. The number of likely N-dealkylation sites (tertiary alicyclic amines) is 1. The Kier molecular flexibility index (Phi) is 5.12. The van der Waals surface area contributed by atoms with E-state index in [0.29, 0.717) is 23.7 Å². The van der Waals surface area contributed by atoms with E-state index in [0.717, 1.165) is 51.3 Å². The summed E-state index contributed by atoms with van der Waals surface area (Å²) in [5.41, 5.74) is 2.69. The van der Waals surface area contributed by atoms with Gasteiger partial charge in [0.15, 0.2) is 0 Å². The van der Waals surface area contributed by atoms with Crippen molar-refractivity contribution in [3.8, 4) is 0 Å². The predicted octanol–water partition coefficient (Wildman–Crippen LogP) is 3.27. The van der Waals surface area contributed by atoms with Gasteiger partial charge in [0.05, 0.1) is 0 Å². The first-order chi connectivity index (χ1) is 14.2. The zero-order chi connectivity index (χ0) is 19.8. The van der Waals surface area contributed by atoms with Crippen LogP contribution in [0.2, 0.25) is 0 Å². The summed E-state index contributed by atoms with van der Waals surface area (Å²) >= 11 is 0. The minimum Gasteiger partial charge on any atom is -0.347 e. The molecule has 154 valence electrons. The molecular weight excluding hydrogens is 362 g/mol. The molecular formula is C23H31N5O. The van der Waals surface area contributed by atoms with Gasteiger partial charge in [0.1, 0.15) is 5.82 Å². The number of hydrogen-bond donors (Lipinski definition) is 1. The van der Waals surface area contributed by atoms with Crippen molar-refractivity contribution >= 4 is 5.91 Å². The van der Waals surface area contributed by atoms with Crippen molar-refractivity contribution in [1.82, 2.24) is 25.0 Å². The second-order valence-electron chi connectivity index (χ2n) is 9.18. The predicted molar refractivity (Wildman–Crippen MR) is 112 cm³/mol. The molecule has 2 atom stereocenters. The highest BCUT2D eigenvalue weighted by atomic mass is 16.2. The van der Waals surface area contributed by atoms with Gasteiger partial charge in [0, 0.05) is 38.1 Å². The normalized spacial score (nSPS) is 24.9. The van der Waals surface area contributed by atoms with Gasteiger partial charge in [-0.2, -0.15) is 0 Å². The van der Waals surface area contributed by atoms with E-state index in [9.17, 15) is 4.79 Å². The highest BCUT2D eigenvalue weighted by molar-refractivity contribution is 5.91. The number of aromatic nitrogens is 3. The molecule has 1 aromatic carbocycles. The monoisotopic (exact) mass is 393 g/mol. The summed E-state index contributed by atoms with van der Waals surface area (Å²) in [5.74, 6) is 2.50. The Morgan fingerprint density at radius 3 is 2.83 bits per heavy atom. The van der Waals surface area contributed by atoms with Crippen LogP contribution >= 0.6 is 0 Å². The van der Waals surface area contributed by atoms with Crippen molar-refractivity contribution < 1.29 is 4.79 Å². The first-order valence-corrected chi connectivity index (χ1v) is 11.2. The molecule has 29 heavy (non-hydrogen) atoms. The van der Waals surface area contributed by atoms with Gasteiger partial charge in [0.25, 0.3) is 5.91 Å². The second-order valence-corrected chi connectivity index (χ2v) is 9.18. The number of carbonyl (C=O) groups excluding carboxylic acids is 1. The van der Waals surface area contributed by atoms with Gasteiger partial charge in [0.2, 0.25) is 5.82 Å². The molecule has 0 radical (unpaired) electrons. The summed E-state index contributed by atoms with van der Waals surface area (Å²) in [6, 6.07) is 9.08. The molecule has 0 bridgehead atoms. The Balaban J connectivity index is 1.28. The molecule has 1 aliphatic carbocycles. The average Bonchev–Trinajstić information content (AvgIpc) is 3.32. The van der Waals surface area contributed by atoms with Crippen LogP contribution in [0.5, 0.6) is 0 Å². The topological polar surface area (TPSA) is 63.1 Å². The third kappa shape index (κ3) is 3.82. The maximum atomic E-state index is 12.8. The summed E-state index contributed by atoms with van der Waals surface area (Å²) in [6.07, 6.45) is 6.99. The number of benzene rings is 1. The summed E-state index contributed by atoms with van der Waals surface area (Å²) in [6.45, 7) is 6.10. The van der Waals surface area contributed by atoms with Crippen LogP contribution in [-0.2, 0) is 13.1 Å². The maximum absolute atomic E-state index is 12.8. The number of aryl methyl sites for hydroxylation is 1. The SMILES string of the molecule is Cc1cccc(CN2C[C@H]3CCn4c(C(=O)NC5CCCCC5)nnc4[C@H]3C2)c1. The Morgan fingerprint density at radius 2 is 2.00 bits per heavy atom. The first kappa shape index (κ1) is 18.8. The van der Waals surface area contributed by atoms with Crippen molar-refractivity contribution in [2.45, 2.75) is 70.5 Å². The van der Waals surface area contributed by atoms with Crippen LogP contribution in [-0.4, -0.2) is 44.7 Å². The molecule has 1 amide bonds. The van der Waals surface area contributed by atoms with Gasteiger partial charge >= 0.3 is 0 Å². The Morgan fingerprint density at radius 1 is 1.14 bits per heavy atom. The molecule has 0 spiro atoms. The van der Waals surface area contributed by atoms with E-state index in [1.165, 1.54) is 30.4 Å². The van der Waals surface area contributed by atoms with Crippen LogP contribution in [0.4, 0.5) is 0 Å². The summed E-state index contributed by atoms with van der Waals surface area (Å²) in [5, 5.41) is 12.0. The van der Waals surface area contributed by atoms with Gasteiger partial charge in [-0.15, -0.1) is 10.2 Å². The summed E-state index contributed by atoms with van der Waals surface area (Å²) in [7, 11) is 0. The molecule has 5 rings (SSSR count). The fraction of sp³-hybridized carbons (Fsp3) is 0.609. The van der Waals surface area contributed by atoms with Gasteiger partial charge in [-0.25, -0.2) is 0 Å². The van der Waals surface area contributed by atoms with E-state index >= 15 is 0 Å². The van der Waals surface area contributed by atoms with E-state index < -0.39 is 0 Å². The molecule has 6 nitrogen and oxygen atoms in total. The Labute approximate surface area is 172 Å². The third-order valence-corrected chi connectivity index (χ3v) is 6.98. The fourth-order valence-electron chi connectivity index (χ4n) is 5.51. The number of amides is 1. The lowest BCUT2D eigenvalue weighted by molar-refractivity contribution is 0.0910. The van der Waals surface area contributed by atoms with Gasteiger partial charge in [-0.3, -0.25) is 9.69 Å². The van der Waals surface area contributed by atoms with Crippen molar-refractivity contribution in [1.29, 1.82) is 0 Å². The highest BCUT2D eigenvalue weighted by Crippen LogP contribution is 2.38. The lowest BCUT2D eigenvalue weighted by Gasteiger charge is -2.26. The van der Waals surface area contributed by atoms with E-state index in [1.807, 2.05) is 0 Å². The molecule has 2 aliphatic heterocycles. The van der Waals surface area contributed by atoms with Gasteiger partial charge < -0.3 is 9.88 Å². The van der Waals surface area contributed by atoms with Crippen LogP contribution in [0.3, 0.4) is 0 Å². The number of rotatable bonds is 4. The minimum atomic E-state index is -0.0382. The molecule has 3 heterocycles. The second kappa shape index (κ2) is 7.90. The Bertz CT molecular complexity index is 885. The number of nitrogens with one attached hydrogen (secondary N) is 1. The van der Waals surface area contributed by atoms with Crippen LogP contribution in [0.15, 0.2) is 24.3 Å². The molecule has 3 aliphatic rings. The molecule has 1 saturated carbocycles. The molecule has 6 heteroatoms. The van der Waals surface area contributed by atoms with E-state index in [2.05, 4.69) is 56.2 Å². The minimum absolute atomic E-state index is 0.0382. The fourth-order valence-corrected chi connectivity index (χ4v) is 5.51. The number of hydrogen-bond acceptors (Lipinski definition) is 4. The number of nitrogens with zero attached hydrogens (tertiary/aromatic N) is 4. The zero-order valence-electron chi connectivity index (χ0n) is 17.3. The molecule has 2 fully saturated rings.